The molecule has 0 aliphatic rings. The van der Waals surface area contributed by atoms with Crippen molar-refractivity contribution in [2.24, 2.45) is 10.9 Å². The van der Waals surface area contributed by atoms with Crippen molar-refractivity contribution in [2.75, 3.05) is 0 Å². The van der Waals surface area contributed by atoms with E-state index in [4.69, 9.17) is 15.3 Å². The van der Waals surface area contributed by atoms with Gasteiger partial charge in [0.05, 0.1) is 10.7 Å². The van der Waals surface area contributed by atoms with E-state index >= 15 is 0 Å². The highest BCUT2D eigenvalue weighted by Crippen LogP contribution is 2.18. The van der Waals surface area contributed by atoms with Gasteiger partial charge in [0.2, 0.25) is 5.88 Å². The molecule has 0 atom stereocenters. The van der Waals surface area contributed by atoms with Gasteiger partial charge in [-0.1, -0.05) is 30.3 Å². The van der Waals surface area contributed by atoms with Gasteiger partial charge in [0.25, 0.3) is 0 Å². The molecule has 2 N–H and O–H groups in total. The molecule has 0 aliphatic carbocycles. The summed E-state index contributed by atoms with van der Waals surface area (Å²) in [6.45, 7) is 2.43. The molecule has 7 heteroatoms. The lowest BCUT2D eigenvalue weighted by Gasteiger charge is -2.05. The minimum Gasteiger partial charge on any atom is -0.439 e. The Balaban J connectivity index is 1.55. The second-order valence-electron chi connectivity index (χ2n) is 5.53. The first kappa shape index (κ1) is 17.9. The highest BCUT2D eigenvalue weighted by atomic mass is 32.1. The van der Waals surface area contributed by atoms with Crippen LogP contribution in [-0.2, 0) is 17.9 Å². The number of para-hydroxylation sites is 1. The van der Waals surface area contributed by atoms with Crippen molar-refractivity contribution >= 4 is 17.2 Å². The van der Waals surface area contributed by atoms with Crippen LogP contribution in [0.1, 0.15) is 29.6 Å². The summed E-state index contributed by atoms with van der Waals surface area (Å²) in [5, 5.41) is 7.03. The minimum absolute atomic E-state index is 0.257. The van der Waals surface area contributed by atoms with Crippen LogP contribution in [0.5, 0.6) is 11.6 Å². The Labute approximate surface area is 156 Å². The van der Waals surface area contributed by atoms with Gasteiger partial charge < -0.3 is 15.3 Å². The molecule has 6 nitrogen and oxygen atoms in total. The number of thiazole rings is 1. The third-order valence-electron chi connectivity index (χ3n) is 3.44. The van der Waals surface area contributed by atoms with Crippen LogP contribution in [0, 0.1) is 0 Å². The quantitative estimate of drug-likeness (QED) is 0.367. The third kappa shape index (κ3) is 5.03. The maximum absolute atomic E-state index is 5.94. The Kier molecular flexibility index (Phi) is 6.16. The summed E-state index contributed by atoms with van der Waals surface area (Å²) in [6.07, 6.45) is 3.66. The Morgan fingerprint density at radius 3 is 2.77 bits per heavy atom. The first-order valence-corrected chi connectivity index (χ1v) is 9.20. The fourth-order valence-corrected chi connectivity index (χ4v) is 3.05. The molecule has 0 saturated heterocycles. The summed E-state index contributed by atoms with van der Waals surface area (Å²) in [5.74, 6) is 1.47. The summed E-state index contributed by atoms with van der Waals surface area (Å²) in [7, 11) is 0. The zero-order chi connectivity index (χ0) is 18.2. The molecular weight excluding hydrogens is 348 g/mol. The van der Waals surface area contributed by atoms with Crippen LogP contribution in [-0.4, -0.2) is 15.8 Å². The number of nitrogens with zero attached hydrogens (tertiary/aromatic N) is 3. The van der Waals surface area contributed by atoms with Gasteiger partial charge in [0.1, 0.15) is 5.75 Å². The van der Waals surface area contributed by atoms with E-state index in [9.17, 15) is 0 Å². The van der Waals surface area contributed by atoms with E-state index in [0.29, 0.717) is 18.1 Å². The third-order valence-corrected chi connectivity index (χ3v) is 4.39. The molecule has 0 aliphatic heterocycles. The average Bonchev–Trinajstić information content (AvgIpc) is 3.11. The van der Waals surface area contributed by atoms with E-state index in [0.717, 1.165) is 29.3 Å². The second kappa shape index (κ2) is 8.96. The molecule has 0 unspecified atom stereocenters. The van der Waals surface area contributed by atoms with Crippen molar-refractivity contribution in [3.05, 3.63) is 70.3 Å². The van der Waals surface area contributed by atoms with Crippen LogP contribution < -0.4 is 10.5 Å². The molecule has 2 aromatic heterocycles. The standard InChI is InChI=1S/C19H20N4O2S/c1-2-6-18-22-15(13-26-18)12-24-23-19(20)14-9-10-17(21-11-14)25-16-7-4-3-5-8-16/h3-5,7-11,13H,2,6,12H2,1H3,(H2,20,23). The lowest BCUT2D eigenvalue weighted by molar-refractivity contribution is 0.128. The van der Waals surface area contributed by atoms with Crippen molar-refractivity contribution < 1.29 is 9.57 Å². The zero-order valence-electron chi connectivity index (χ0n) is 14.5. The Hall–Kier alpha value is -2.93. The number of aryl methyl sites for hydroxylation is 1. The predicted octanol–water partition coefficient (Wildman–Crippen LogP) is 4.12. The van der Waals surface area contributed by atoms with E-state index in [-0.39, 0.29) is 5.84 Å². The number of pyridine rings is 1. The monoisotopic (exact) mass is 368 g/mol. The molecule has 3 aromatic rings. The van der Waals surface area contributed by atoms with Gasteiger partial charge in [0, 0.05) is 23.2 Å². The number of nitrogens with two attached hydrogens (primary N) is 1. The smallest absolute Gasteiger partial charge is 0.219 e. The van der Waals surface area contributed by atoms with Gasteiger partial charge in [-0.2, -0.15) is 0 Å². The molecule has 0 fully saturated rings. The van der Waals surface area contributed by atoms with Crippen LogP contribution in [0.3, 0.4) is 0 Å². The predicted molar refractivity (Wildman–Crippen MR) is 102 cm³/mol. The molecule has 3 rings (SSSR count). The second-order valence-corrected chi connectivity index (χ2v) is 6.48. The van der Waals surface area contributed by atoms with Crippen LogP contribution in [0.2, 0.25) is 0 Å². The molecule has 1 aromatic carbocycles. The largest absolute Gasteiger partial charge is 0.439 e. The van der Waals surface area contributed by atoms with Gasteiger partial charge in [-0.15, -0.1) is 11.3 Å². The molecule has 2 heterocycles. The van der Waals surface area contributed by atoms with Crippen molar-refractivity contribution in [3.63, 3.8) is 0 Å². The molecule has 0 spiro atoms. The molecule has 0 amide bonds. The molecular formula is C19H20N4O2S. The first-order valence-electron chi connectivity index (χ1n) is 8.32. The fraction of sp³-hybridized carbons (Fsp3) is 0.211. The molecule has 0 radical (unpaired) electrons. The normalized spacial score (nSPS) is 11.3. The van der Waals surface area contributed by atoms with Gasteiger partial charge in [0.15, 0.2) is 12.4 Å². The van der Waals surface area contributed by atoms with E-state index < -0.39 is 0 Å². The maximum Gasteiger partial charge on any atom is 0.219 e. The maximum atomic E-state index is 5.94. The number of aromatic nitrogens is 2. The van der Waals surface area contributed by atoms with Crippen LogP contribution in [0.15, 0.2) is 59.2 Å². The number of oxime groups is 1. The van der Waals surface area contributed by atoms with Crippen molar-refractivity contribution in [3.8, 4) is 11.6 Å². The number of ether oxygens (including phenoxy) is 1. The van der Waals surface area contributed by atoms with Crippen LogP contribution in [0.4, 0.5) is 0 Å². The first-order chi connectivity index (χ1) is 12.7. The van der Waals surface area contributed by atoms with E-state index in [2.05, 4.69) is 22.0 Å². The van der Waals surface area contributed by atoms with Crippen LogP contribution in [0.25, 0.3) is 0 Å². The van der Waals surface area contributed by atoms with E-state index in [1.54, 1.807) is 29.7 Å². The van der Waals surface area contributed by atoms with Crippen LogP contribution >= 0.6 is 11.3 Å². The minimum atomic E-state index is 0.257. The molecule has 134 valence electrons. The molecule has 26 heavy (non-hydrogen) atoms. The Morgan fingerprint density at radius 1 is 1.19 bits per heavy atom. The van der Waals surface area contributed by atoms with Gasteiger partial charge >= 0.3 is 0 Å². The summed E-state index contributed by atoms with van der Waals surface area (Å²) in [5.41, 5.74) is 7.46. The number of hydrogen-bond acceptors (Lipinski definition) is 6. The van der Waals surface area contributed by atoms with E-state index in [1.807, 2.05) is 35.7 Å². The van der Waals surface area contributed by atoms with Crippen molar-refractivity contribution in [1.82, 2.24) is 9.97 Å². The van der Waals surface area contributed by atoms with E-state index in [1.165, 1.54) is 0 Å². The highest BCUT2D eigenvalue weighted by molar-refractivity contribution is 7.09. The summed E-state index contributed by atoms with van der Waals surface area (Å²) in [4.78, 5) is 14.0. The average molecular weight is 368 g/mol. The topological polar surface area (TPSA) is 82.6 Å². The van der Waals surface area contributed by atoms with Gasteiger partial charge in [-0.05, 0) is 31.0 Å². The highest BCUT2D eigenvalue weighted by Gasteiger charge is 2.04. The Bertz CT molecular complexity index is 847. The number of benzene rings is 1. The summed E-state index contributed by atoms with van der Waals surface area (Å²) < 4.78 is 5.64. The lowest BCUT2D eigenvalue weighted by Crippen LogP contribution is -2.14. The zero-order valence-corrected chi connectivity index (χ0v) is 15.3. The number of rotatable bonds is 8. The van der Waals surface area contributed by atoms with Crippen molar-refractivity contribution in [2.45, 2.75) is 26.4 Å². The molecule has 0 bridgehead atoms. The number of amidine groups is 1. The van der Waals surface area contributed by atoms with Gasteiger partial charge in [-0.3, -0.25) is 0 Å². The molecule has 0 saturated carbocycles. The van der Waals surface area contributed by atoms with Crippen molar-refractivity contribution in [1.29, 1.82) is 0 Å². The fourth-order valence-electron chi connectivity index (χ4n) is 2.17. The SMILES string of the molecule is CCCc1nc(CO/N=C(/N)c2ccc(Oc3ccccc3)nc2)cs1. The van der Waals surface area contributed by atoms with Gasteiger partial charge in [-0.25, -0.2) is 9.97 Å². The lowest BCUT2D eigenvalue weighted by atomic mass is 10.3. The summed E-state index contributed by atoms with van der Waals surface area (Å²) >= 11 is 1.64. The Morgan fingerprint density at radius 2 is 2.04 bits per heavy atom. The summed E-state index contributed by atoms with van der Waals surface area (Å²) in [6, 6.07) is 13.0. The number of hydrogen-bond donors (Lipinski definition) is 1.